The number of carbonyl (C=O) groups is 1. The van der Waals surface area contributed by atoms with E-state index < -0.39 is 15.9 Å². The summed E-state index contributed by atoms with van der Waals surface area (Å²) in [4.78, 5) is 17.9. The maximum absolute atomic E-state index is 12.9. The fourth-order valence-electron chi connectivity index (χ4n) is 3.64. The molecule has 1 amide bonds. The predicted octanol–water partition coefficient (Wildman–Crippen LogP) is 3.22. The van der Waals surface area contributed by atoms with Crippen molar-refractivity contribution in [1.82, 2.24) is 8.87 Å². The van der Waals surface area contributed by atoms with Crippen molar-refractivity contribution >= 4 is 37.5 Å². The van der Waals surface area contributed by atoms with Crippen LogP contribution in [0.5, 0.6) is 0 Å². The first-order valence-corrected chi connectivity index (χ1v) is 12.9. The zero-order valence-corrected chi connectivity index (χ0v) is 20.2. The number of morpholine rings is 1. The third-order valence-electron chi connectivity index (χ3n) is 5.53. The van der Waals surface area contributed by atoms with Crippen molar-refractivity contribution in [2.24, 2.45) is 4.99 Å². The van der Waals surface area contributed by atoms with Crippen molar-refractivity contribution in [1.29, 1.82) is 0 Å². The Morgan fingerprint density at radius 2 is 1.88 bits per heavy atom. The van der Waals surface area contributed by atoms with Crippen molar-refractivity contribution in [3.05, 3.63) is 58.4 Å². The van der Waals surface area contributed by atoms with Gasteiger partial charge in [0.2, 0.25) is 10.0 Å². The molecule has 0 N–H and O–H groups in total. The SMILES string of the molecule is C#CCn1c(=NC(=O)c2ccc(S(=O)(=O)N3CCOCC3)cc2)sc2cc(C(C)C)ccc21. The molecule has 0 aliphatic carbocycles. The summed E-state index contributed by atoms with van der Waals surface area (Å²) in [5.41, 5.74) is 2.44. The summed E-state index contributed by atoms with van der Waals surface area (Å²) in [7, 11) is -3.62. The lowest BCUT2D eigenvalue weighted by atomic mass is 10.0. The van der Waals surface area contributed by atoms with Crippen molar-refractivity contribution in [2.45, 2.75) is 31.2 Å². The highest BCUT2D eigenvalue weighted by molar-refractivity contribution is 7.89. The van der Waals surface area contributed by atoms with Gasteiger partial charge in [0.25, 0.3) is 5.91 Å². The van der Waals surface area contributed by atoms with E-state index in [-0.39, 0.29) is 4.90 Å². The topological polar surface area (TPSA) is 81.0 Å². The van der Waals surface area contributed by atoms with Gasteiger partial charge in [0.15, 0.2) is 4.80 Å². The fraction of sp³-hybridized carbons (Fsp3) is 0.333. The number of benzene rings is 2. The Kier molecular flexibility index (Phi) is 6.81. The van der Waals surface area contributed by atoms with E-state index in [0.29, 0.717) is 49.1 Å². The molecule has 7 nitrogen and oxygen atoms in total. The van der Waals surface area contributed by atoms with Crippen LogP contribution in [0, 0.1) is 12.3 Å². The number of hydrogen-bond donors (Lipinski definition) is 0. The lowest BCUT2D eigenvalue weighted by molar-refractivity contribution is 0.0730. The molecule has 3 aromatic rings. The molecule has 0 unspecified atom stereocenters. The summed E-state index contributed by atoms with van der Waals surface area (Å²) < 4.78 is 35.1. The third-order valence-corrected chi connectivity index (χ3v) is 8.48. The molecule has 0 radical (unpaired) electrons. The summed E-state index contributed by atoms with van der Waals surface area (Å²) >= 11 is 1.41. The number of ether oxygens (including phenoxy) is 1. The van der Waals surface area contributed by atoms with Gasteiger partial charge in [0.05, 0.1) is 34.9 Å². The molecule has 2 heterocycles. The van der Waals surface area contributed by atoms with Crippen LogP contribution >= 0.6 is 11.3 Å². The molecule has 1 aliphatic rings. The van der Waals surface area contributed by atoms with E-state index >= 15 is 0 Å². The summed E-state index contributed by atoms with van der Waals surface area (Å²) in [6.07, 6.45) is 5.56. The number of fused-ring (bicyclic) bond motifs is 1. The van der Waals surface area contributed by atoms with Crippen LogP contribution in [0.25, 0.3) is 10.2 Å². The van der Waals surface area contributed by atoms with Crippen LogP contribution in [0.2, 0.25) is 0 Å². The average molecular weight is 484 g/mol. The van der Waals surface area contributed by atoms with Gasteiger partial charge in [-0.15, -0.1) is 6.42 Å². The zero-order chi connectivity index (χ0) is 23.6. The smallest absolute Gasteiger partial charge is 0.279 e. The summed E-state index contributed by atoms with van der Waals surface area (Å²) in [5.74, 6) is 2.56. The minimum atomic E-state index is -3.62. The minimum absolute atomic E-state index is 0.145. The molecule has 0 bridgehead atoms. The summed E-state index contributed by atoms with van der Waals surface area (Å²) in [6.45, 7) is 5.93. The van der Waals surface area contributed by atoms with E-state index in [0.717, 1.165) is 10.2 Å². The van der Waals surface area contributed by atoms with Crippen LogP contribution in [0.15, 0.2) is 52.4 Å². The van der Waals surface area contributed by atoms with Crippen LogP contribution in [-0.4, -0.2) is 49.5 Å². The van der Waals surface area contributed by atoms with Gasteiger partial charge in [-0.1, -0.05) is 37.2 Å². The van der Waals surface area contributed by atoms with Gasteiger partial charge in [-0.2, -0.15) is 9.30 Å². The Morgan fingerprint density at radius 3 is 2.52 bits per heavy atom. The molecule has 4 rings (SSSR count). The highest BCUT2D eigenvalue weighted by atomic mass is 32.2. The molecular weight excluding hydrogens is 458 g/mol. The monoisotopic (exact) mass is 483 g/mol. The quantitative estimate of drug-likeness (QED) is 0.522. The molecule has 1 aromatic heterocycles. The van der Waals surface area contributed by atoms with E-state index in [1.54, 1.807) is 0 Å². The number of amides is 1. The Bertz CT molecular complexity index is 1390. The first-order chi connectivity index (χ1) is 15.8. The van der Waals surface area contributed by atoms with Gasteiger partial charge in [-0.05, 0) is 47.9 Å². The number of rotatable bonds is 5. The van der Waals surface area contributed by atoms with Gasteiger partial charge in [0, 0.05) is 18.7 Å². The second-order valence-corrected chi connectivity index (χ2v) is 11.0. The molecule has 33 heavy (non-hydrogen) atoms. The van der Waals surface area contributed by atoms with Gasteiger partial charge in [-0.3, -0.25) is 4.79 Å². The normalized spacial score (nSPS) is 15.8. The molecule has 9 heteroatoms. The van der Waals surface area contributed by atoms with E-state index in [2.05, 4.69) is 36.9 Å². The molecule has 1 fully saturated rings. The first kappa shape index (κ1) is 23.4. The molecule has 1 aliphatic heterocycles. The summed E-state index contributed by atoms with van der Waals surface area (Å²) in [5, 5.41) is 0. The summed E-state index contributed by atoms with van der Waals surface area (Å²) in [6, 6.07) is 12.1. The Morgan fingerprint density at radius 1 is 1.18 bits per heavy atom. The number of aromatic nitrogens is 1. The second kappa shape index (κ2) is 9.61. The lowest BCUT2D eigenvalue weighted by Gasteiger charge is -2.26. The van der Waals surface area contributed by atoms with E-state index in [1.807, 2.05) is 10.6 Å². The lowest BCUT2D eigenvalue weighted by Crippen LogP contribution is -2.40. The maximum atomic E-state index is 12.9. The van der Waals surface area contributed by atoms with Crippen LogP contribution < -0.4 is 4.80 Å². The van der Waals surface area contributed by atoms with E-state index in [4.69, 9.17) is 11.2 Å². The molecule has 172 valence electrons. The standard InChI is InChI=1S/C24H25N3O4S2/c1-4-11-27-21-10-7-19(17(2)3)16-22(21)32-24(27)25-23(28)18-5-8-20(9-6-18)33(29,30)26-12-14-31-15-13-26/h1,5-10,16-17H,11-15H2,2-3H3. The maximum Gasteiger partial charge on any atom is 0.279 e. The predicted molar refractivity (Wildman–Crippen MR) is 129 cm³/mol. The van der Waals surface area contributed by atoms with E-state index in [1.165, 1.54) is 45.5 Å². The number of nitrogens with zero attached hydrogens (tertiary/aromatic N) is 3. The van der Waals surface area contributed by atoms with Crippen molar-refractivity contribution < 1.29 is 17.9 Å². The number of terminal acetylenes is 1. The van der Waals surface area contributed by atoms with E-state index in [9.17, 15) is 13.2 Å². The zero-order valence-electron chi connectivity index (χ0n) is 18.5. The Labute approximate surface area is 197 Å². The number of carbonyl (C=O) groups excluding carboxylic acids is 1. The molecule has 1 saturated heterocycles. The third kappa shape index (κ3) is 4.80. The van der Waals surface area contributed by atoms with Crippen molar-refractivity contribution in [3.63, 3.8) is 0 Å². The van der Waals surface area contributed by atoms with Crippen LogP contribution in [0.3, 0.4) is 0 Å². The molecule has 0 atom stereocenters. The number of sulfonamides is 1. The van der Waals surface area contributed by atoms with Gasteiger partial charge in [-0.25, -0.2) is 8.42 Å². The Hall–Kier alpha value is -2.77. The highest BCUT2D eigenvalue weighted by Crippen LogP contribution is 2.24. The van der Waals surface area contributed by atoms with Gasteiger partial charge >= 0.3 is 0 Å². The second-order valence-electron chi connectivity index (χ2n) is 8.01. The molecular formula is C24H25N3O4S2. The highest BCUT2D eigenvalue weighted by Gasteiger charge is 2.26. The van der Waals surface area contributed by atoms with Crippen LogP contribution in [0.1, 0.15) is 35.7 Å². The fourth-order valence-corrected chi connectivity index (χ4v) is 6.12. The first-order valence-electron chi connectivity index (χ1n) is 10.6. The van der Waals surface area contributed by atoms with Crippen molar-refractivity contribution in [2.75, 3.05) is 26.3 Å². The number of thiazole rings is 1. The molecule has 2 aromatic carbocycles. The van der Waals surface area contributed by atoms with Gasteiger partial charge < -0.3 is 9.30 Å². The Balaban J connectivity index is 1.66. The minimum Gasteiger partial charge on any atom is -0.379 e. The van der Waals surface area contributed by atoms with Crippen molar-refractivity contribution in [3.8, 4) is 12.3 Å². The largest absolute Gasteiger partial charge is 0.379 e. The van der Waals surface area contributed by atoms with Crippen LogP contribution in [0.4, 0.5) is 0 Å². The number of hydrogen-bond acceptors (Lipinski definition) is 5. The average Bonchev–Trinajstić information content (AvgIpc) is 3.16. The molecule has 0 saturated carbocycles. The van der Waals surface area contributed by atoms with Crippen LogP contribution in [-0.2, 0) is 21.3 Å². The van der Waals surface area contributed by atoms with Gasteiger partial charge in [0.1, 0.15) is 0 Å². The molecule has 0 spiro atoms.